The largest absolute Gasteiger partial charge is 0.478 e. The predicted octanol–water partition coefficient (Wildman–Crippen LogP) is 7.44. The normalized spacial score (nSPS) is 11.8. The number of likely N-dealkylation sites (N-methyl/N-ethyl adjacent to an activating group) is 1. The number of hydrogen-bond donors (Lipinski definition) is 1. The topological polar surface area (TPSA) is 40.5 Å². The molecule has 1 unspecified atom stereocenters. The van der Waals surface area contributed by atoms with Crippen LogP contribution in [0.5, 0.6) is 0 Å². The monoisotopic (exact) mass is 447 g/mol. The van der Waals surface area contributed by atoms with Crippen LogP contribution in [-0.4, -0.2) is 41.4 Å². The van der Waals surface area contributed by atoms with Gasteiger partial charge in [0.15, 0.2) is 0 Å². The van der Waals surface area contributed by atoms with Gasteiger partial charge in [0.1, 0.15) is 0 Å². The highest BCUT2D eigenvalue weighted by Gasteiger charge is 2.14. The lowest BCUT2D eigenvalue weighted by atomic mass is 10.0. The van der Waals surface area contributed by atoms with Crippen LogP contribution in [0.1, 0.15) is 104 Å². The van der Waals surface area contributed by atoms with Gasteiger partial charge in [-0.1, -0.05) is 113 Å². The highest BCUT2D eigenvalue weighted by atomic mass is 79.9. The molecule has 0 aliphatic rings. The van der Waals surface area contributed by atoms with Crippen LogP contribution in [0, 0.1) is 0 Å². The second-order valence-electron chi connectivity index (χ2n) is 7.76. The quantitative estimate of drug-likeness (QED) is 0.143. The van der Waals surface area contributed by atoms with Gasteiger partial charge in [-0.05, 0) is 27.4 Å². The second-order valence-corrected chi connectivity index (χ2v) is 8.55. The first kappa shape index (κ1) is 28.9. The van der Waals surface area contributed by atoms with Gasteiger partial charge in [0.05, 0.1) is 0 Å². The first-order valence-corrected chi connectivity index (χ1v) is 12.1. The number of aliphatic carboxylic acids is 1. The molecule has 3 nitrogen and oxygen atoms in total. The SMILES string of the molecule is C=C(C(=O)O)C(C)N(C)C.CCCCCCCCCCCCCCCCBr. The van der Waals surface area contributed by atoms with Crippen molar-refractivity contribution in [3.8, 4) is 0 Å². The third-order valence-electron chi connectivity index (χ3n) is 5.04. The van der Waals surface area contributed by atoms with Crippen molar-refractivity contribution >= 4 is 21.9 Å². The van der Waals surface area contributed by atoms with E-state index in [-0.39, 0.29) is 11.6 Å². The summed E-state index contributed by atoms with van der Waals surface area (Å²) in [6, 6.07) is -0.0995. The molecule has 162 valence electrons. The van der Waals surface area contributed by atoms with Crippen LogP contribution >= 0.6 is 15.9 Å². The van der Waals surface area contributed by atoms with Crippen LogP contribution < -0.4 is 0 Å². The third-order valence-corrected chi connectivity index (χ3v) is 5.60. The van der Waals surface area contributed by atoms with E-state index in [9.17, 15) is 4.79 Å². The molecule has 0 aliphatic carbocycles. The summed E-state index contributed by atoms with van der Waals surface area (Å²) in [4.78, 5) is 12.1. The van der Waals surface area contributed by atoms with E-state index in [1.54, 1.807) is 11.8 Å². The average molecular weight is 449 g/mol. The summed E-state index contributed by atoms with van der Waals surface area (Å²) in [7, 11) is 3.64. The summed E-state index contributed by atoms with van der Waals surface area (Å²) in [6.45, 7) is 7.53. The lowest BCUT2D eigenvalue weighted by Gasteiger charge is -2.18. The summed E-state index contributed by atoms with van der Waals surface area (Å²) in [5.74, 6) is -0.929. The minimum Gasteiger partial charge on any atom is -0.478 e. The Labute approximate surface area is 178 Å². The van der Waals surface area contributed by atoms with E-state index in [0.29, 0.717) is 0 Å². The molecule has 0 amide bonds. The molecule has 0 saturated heterocycles. The number of halogens is 1. The van der Waals surface area contributed by atoms with Gasteiger partial charge in [-0.3, -0.25) is 0 Å². The molecule has 0 fully saturated rings. The Morgan fingerprint density at radius 1 is 0.852 bits per heavy atom. The molecular weight excluding hydrogens is 402 g/mol. The molecule has 0 aromatic heterocycles. The summed E-state index contributed by atoms with van der Waals surface area (Å²) < 4.78 is 0. The van der Waals surface area contributed by atoms with Gasteiger partial charge in [-0.25, -0.2) is 4.79 Å². The summed E-state index contributed by atoms with van der Waals surface area (Å²) in [5.41, 5.74) is 0.227. The van der Waals surface area contributed by atoms with Crippen LogP contribution in [0.15, 0.2) is 12.2 Å². The van der Waals surface area contributed by atoms with Gasteiger partial charge < -0.3 is 10.0 Å². The van der Waals surface area contributed by atoms with Crippen molar-refractivity contribution in [2.75, 3.05) is 19.4 Å². The number of unbranched alkanes of at least 4 members (excludes halogenated alkanes) is 13. The maximum atomic E-state index is 10.3. The molecule has 4 heteroatoms. The first-order valence-electron chi connectivity index (χ1n) is 11.0. The van der Waals surface area contributed by atoms with Crippen LogP contribution in [-0.2, 0) is 4.79 Å². The number of carbonyl (C=O) groups is 1. The first-order chi connectivity index (χ1) is 12.9. The van der Waals surface area contributed by atoms with Gasteiger partial charge in [-0.2, -0.15) is 0 Å². The molecule has 0 aromatic carbocycles. The van der Waals surface area contributed by atoms with E-state index in [1.165, 1.54) is 95.2 Å². The Morgan fingerprint density at radius 2 is 1.19 bits per heavy atom. The molecule has 1 N–H and O–H groups in total. The molecule has 0 spiro atoms. The highest BCUT2D eigenvalue weighted by molar-refractivity contribution is 9.09. The molecular formula is C23H46BrNO2. The number of alkyl halides is 1. The fraction of sp³-hybridized carbons (Fsp3) is 0.870. The average Bonchev–Trinajstić information content (AvgIpc) is 2.64. The van der Waals surface area contributed by atoms with Gasteiger partial charge in [0, 0.05) is 16.9 Å². The van der Waals surface area contributed by atoms with Crippen molar-refractivity contribution in [2.24, 2.45) is 0 Å². The number of rotatable bonds is 17. The fourth-order valence-electron chi connectivity index (χ4n) is 2.78. The van der Waals surface area contributed by atoms with E-state index in [1.807, 2.05) is 14.1 Å². The number of nitrogens with zero attached hydrogens (tertiary/aromatic N) is 1. The smallest absolute Gasteiger partial charge is 0.332 e. The second kappa shape index (κ2) is 21.9. The van der Waals surface area contributed by atoms with Crippen molar-refractivity contribution in [3.05, 3.63) is 12.2 Å². The van der Waals surface area contributed by atoms with Crippen molar-refractivity contribution in [1.29, 1.82) is 0 Å². The standard InChI is InChI=1S/C16H33Br.C7H13NO2/c1-2-3-4-5-6-7-8-9-10-11-12-13-14-15-16-17;1-5(7(9)10)6(2)8(3)4/h2-16H2,1H3;6H,1H2,2-4H3,(H,9,10). The number of hydrogen-bond acceptors (Lipinski definition) is 2. The van der Waals surface area contributed by atoms with Crippen LogP contribution in [0.2, 0.25) is 0 Å². The molecule has 0 rings (SSSR count). The predicted molar refractivity (Wildman–Crippen MR) is 124 cm³/mol. The van der Waals surface area contributed by atoms with Crippen molar-refractivity contribution in [2.45, 2.75) is 110 Å². The van der Waals surface area contributed by atoms with Gasteiger partial charge in [0.25, 0.3) is 0 Å². The highest BCUT2D eigenvalue weighted by Crippen LogP contribution is 2.13. The zero-order valence-electron chi connectivity index (χ0n) is 18.6. The number of carboxylic acids is 1. The molecule has 0 aromatic rings. The van der Waals surface area contributed by atoms with Crippen LogP contribution in [0.3, 0.4) is 0 Å². The van der Waals surface area contributed by atoms with Crippen LogP contribution in [0.4, 0.5) is 0 Å². The van der Waals surface area contributed by atoms with Crippen molar-refractivity contribution in [3.63, 3.8) is 0 Å². The third kappa shape index (κ3) is 21.8. The Balaban J connectivity index is 0. The lowest BCUT2D eigenvalue weighted by molar-refractivity contribution is -0.133. The zero-order chi connectivity index (χ0) is 20.9. The maximum Gasteiger partial charge on any atom is 0.332 e. The Bertz CT molecular complexity index is 331. The van der Waals surface area contributed by atoms with Crippen molar-refractivity contribution in [1.82, 2.24) is 4.90 Å². The van der Waals surface area contributed by atoms with E-state index >= 15 is 0 Å². The minimum atomic E-state index is -0.929. The number of carboxylic acid groups (broad SMARTS) is 1. The molecule has 27 heavy (non-hydrogen) atoms. The van der Waals surface area contributed by atoms with Gasteiger partial charge in [-0.15, -0.1) is 0 Å². The zero-order valence-corrected chi connectivity index (χ0v) is 20.2. The Morgan fingerprint density at radius 3 is 1.41 bits per heavy atom. The van der Waals surface area contributed by atoms with E-state index in [0.717, 1.165) is 0 Å². The molecule has 0 heterocycles. The summed E-state index contributed by atoms with van der Waals surface area (Å²) in [5, 5.41) is 9.66. The lowest BCUT2D eigenvalue weighted by Crippen LogP contribution is -2.29. The molecule has 0 aliphatic heterocycles. The van der Waals surface area contributed by atoms with Crippen molar-refractivity contribution < 1.29 is 9.90 Å². The van der Waals surface area contributed by atoms with E-state index in [4.69, 9.17) is 5.11 Å². The minimum absolute atomic E-state index is 0.0995. The summed E-state index contributed by atoms with van der Waals surface area (Å²) >= 11 is 3.48. The van der Waals surface area contributed by atoms with E-state index in [2.05, 4.69) is 29.4 Å². The molecule has 0 radical (unpaired) electrons. The maximum absolute atomic E-state index is 10.3. The molecule has 1 atom stereocenters. The fourth-order valence-corrected chi connectivity index (χ4v) is 3.18. The van der Waals surface area contributed by atoms with Crippen LogP contribution in [0.25, 0.3) is 0 Å². The molecule has 0 saturated carbocycles. The van der Waals surface area contributed by atoms with Gasteiger partial charge in [0.2, 0.25) is 0 Å². The Kier molecular flexibility index (Phi) is 23.5. The Hall–Kier alpha value is -0.350. The molecule has 0 bridgehead atoms. The summed E-state index contributed by atoms with van der Waals surface area (Å²) in [6.07, 6.45) is 20.3. The van der Waals surface area contributed by atoms with E-state index < -0.39 is 5.97 Å². The van der Waals surface area contributed by atoms with Gasteiger partial charge >= 0.3 is 5.97 Å².